The molecule has 6 nitrogen and oxygen atoms in total. The molecule has 2 N–H and O–H groups in total. The lowest BCUT2D eigenvalue weighted by molar-refractivity contribution is -0.145. The van der Waals surface area contributed by atoms with Crippen LogP contribution in [0.4, 0.5) is 0 Å². The normalized spacial score (nSPS) is 26.2. The van der Waals surface area contributed by atoms with E-state index in [-0.39, 0.29) is 17.9 Å². The van der Waals surface area contributed by atoms with Crippen LogP contribution < -0.4 is 5.32 Å². The molecule has 2 aliphatic carbocycles. The van der Waals surface area contributed by atoms with Gasteiger partial charge in [0, 0.05) is 12.2 Å². The molecule has 108 valence electrons. The van der Waals surface area contributed by atoms with E-state index in [9.17, 15) is 9.59 Å². The Morgan fingerprint density at radius 3 is 2.65 bits per heavy atom. The van der Waals surface area contributed by atoms with E-state index in [4.69, 9.17) is 5.11 Å². The van der Waals surface area contributed by atoms with Crippen LogP contribution in [-0.2, 0) is 4.79 Å². The number of carboxylic acid groups (broad SMARTS) is 1. The maximum Gasteiger partial charge on any atom is 0.306 e. The lowest BCUT2D eigenvalue weighted by atomic mass is 9.80. The van der Waals surface area contributed by atoms with Crippen molar-refractivity contribution in [2.24, 2.45) is 5.92 Å². The second-order valence-electron chi connectivity index (χ2n) is 5.78. The van der Waals surface area contributed by atoms with Crippen LogP contribution in [0, 0.1) is 5.92 Å². The van der Waals surface area contributed by atoms with Gasteiger partial charge in [0.05, 0.1) is 12.0 Å². The van der Waals surface area contributed by atoms with Gasteiger partial charge in [-0.1, -0.05) is 12.8 Å². The Morgan fingerprint density at radius 1 is 1.30 bits per heavy atom. The summed E-state index contributed by atoms with van der Waals surface area (Å²) in [5.41, 5.74) is 0.593. The van der Waals surface area contributed by atoms with Crippen LogP contribution in [0.2, 0.25) is 0 Å². The van der Waals surface area contributed by atoms with Gasteiger partial charge in [0.25, 0.3) is 5.91 Å². The van der Waals surface area contributed by atoms with Crippen molar-refractivity contribution in [3.63, 3.8) is 0 Å². The zero-order valence-electron chi connectivity index (χ0n) is 11.3. The fourth-order valence-electron chi connectivity index (χ4n) is 3.13. The highest BCUT2D eigenvalue weighted by molar-refractivity contribution is 5.93. The minimum absolute atomic E-state index is 0.0180. The fourth-order valence-corrected chi connectivity index (χ4v) is 3.13. The van der Waals surface area contributed by atoms with Crippen molar-refractivity contribution in [3.05, 3.63) is 18.0 Å². The molecule has 0 radical (unpaired) electrons. The van der Waals surface area contributed by atoms with Gasteiger partial charge in [0.2, 0.25) is 0 Å². The Bertz CT molecular complexity index is 513. The highest BCUT2D eigenvalue weighted by atomic mass is 16.4. The smallest absolute Gasteiger partial charge is 0.306 e. The van der Waals surface area contributed by atoms with Crippen molar-refractivity contribution in [2.75, 3.05) is 0 Å². The van der Waals surface area contributed by atoms with Crippen LogP contribution in [0.15, 0.2) is 12.3 Å². The van der Waals surface area contributed by atoms with Crippen molar-refractivity contribution >= 4 is 11.9 Å². The molecule has 1 amide bonds. The summed E-state index contributed by atoms with van der Waals surface area (Å²) in [5, 5.41) is 16.0. The first-order valence-corrected chi connectivity index (χ1v) is 7.22. The molecule has 2 saturated carbocycles. The maximum absolute atomic E-state index is 12.2. The Kier molecular flexibility index (Phi) is 3.46. The first-order chi connectivity index (χ1) is 9.65. The fraction of sp³-hybridized carbons (Fsp3) is 0.643. The molecule has 1 aromatic heterocycles. The monoisotopic (exact) mass is 277 g/mol. The lowest BCUT2D eigenvalue weighted by Crippen LogP contribution is -2.47. The summed E-state index contributed by atoms with van der Waals surface area (Å²) < 4.78 is 1.83. The number of aliphatic carboxylic acids is 1. The third-order valence-electron chi connectivity index (χ3n) is 4.40. The zero-order valence-corrected chi connectivity index (χ0v) is 11.3. The van der Waals surface area contributed by atoms with Gasteiger partial charge in [0.1, 0.15) is 5.69 Å². The van der Waals surface area contributed by atoms with Crippen LogP contribution in [0.5, 0.6) is 0 Å². The van der Waals surface area contributed by atoms with Crippen molar-refractivity contribution in [2.45, 2.75) is 50.6 Å². The Morgan fingerprint density at radius 2 is 2.00 bits per heavy atom. The molecule has 0 aliphatic heterocycles. The van der Waals surface area contributed by atoms with Crippen LogP contribution in [0.1, 0.15) is 55.1 Å². The third-order valence-corrected chi connectivity index (χ3v) is 4.40. The van der Waals surface area contributed by atoms with E-state index in [1.54, 1.807) is 12.3 Å². The summed E-state index contributed by atoms with van der Waals surface area (Å²) in [4.78, 5) is 23.0. The van der Waals surface area contributed by atoms with E-state index in [0.29, 0.717) is 24.6 Å². The van der Waals surface area contributed by atoms with Crippen LogP contribution in [0.3, 0.4) is 0 Å². The first-order valence-electron chi connectivity index (χ1n) is 7.22. The van der Waals surface area contributed by atoms with E-state index in [1.807, 2.05) is 4.68 Å². The molecule has 2 aliphatic rings. The SMILES string of the molecule is O=C(NC1CC(C(=O)O)C1)c1ccnn1C1CCCC1. The molecule has 0 spiro atoms. The Hall–Kier alpha value is -1.85. The van der Waals surface area contributed by atoms with Crippen molar-refractivity contribution in [1.29, 1.82) is 0 Å². The molecule has 0 unspecified atom stereocenters. The highest BCUT2D eigenvalue weighted by Crippen LogP contribution is 2.30. The van der Waals surface area contributed by atoms with Crippen molar-refractivity contribution in [1.82, 2.24) is 15.1 Å². The number of carbonyl (C=O) groups is 2. The highest BCUT2D eigenvalue weighted by Gasteiger charge is 2.36. The average Bonchev–Trinajstić information content (AvgIpc) is 3.00. The molecular formula is C14H19N3O3. The van der Waals surface area contributed by atoms with Crippen molar-refractivity contribution in [3.8, 4) is 0 Å². The van der Waals surface area contributed by atoms with Crippen LogP contribution in [-0.4, -0.2) is 32.8 Å². The Labute approximate surface area is 117 Å². The summed E-state index contributed by atoms with van der Waals surface area (Å²) in [5.74, 6) is -1.21. The standard InChI is InChI=1S/C14H19N3O3/c18-13(16-10-7-9(8-10)14(19)20)12-5-6-15-17(12)11-3-1-2-4-11/h5-6,9-11H,1-4,7-8H2,(H,16,18)(H,19,20). The second kappa shape index (κ2) is 5.26. The molecular weight excluding hydrogens is 258 g/mol. The summed E-state index contributed by atoms with van der Waals surface area (Å²) in [6, 6.07) is 2.05. The predicted octanol–water partition coefficient (Wildman–Crippen LogP) is 1.59. The van der Waals surface area contributed by atoms with E-state index >= 15 is 0 Å². The second-order valence-corrected chi connectivity index (χ2v) is 5.78. The number of amides is 1. The van der Waals surface area contributed by atoms with E-state index in [0.717, 1.165) is 12.8 Å². The molecule has 0 aromatic carbocycles. The van der Waals surface area contributed by atoms with Crippen LogP contribution >= 0.6 is 0 Å². The number of carboxylic acids is 1. The summed E-state index contributed by atoms with van der Waals surface area (Å²) >= 11 is 0. The number of hydrogen-bond acceptors (Lipinski definition) is 3. The van der Waals surface area contributed by atoms with Crippen LogP contribution in [0.25, 0.3) is 0 Å². The van der Waals surface area contributed by atoms with Gasteiger partial charge < -0.3 is 10.4 Å². The van der Waals surface area contributed by atoms with Gasteiger partial charge in [-0.2, -0.15) is 5.10 Å². The number of rotatable bonds is 4. The number of nitrogens with zero attached hydrogens (tertiary/aromatic N) is 2. The maximum atomic E-state index is 12.2. The van der Waals surface area contributed by atoms with Gasteiger partial charge in [-0.05, 0) is 31.7 Å². The lowest BCUT2D eigenvalue weighted by Gasteiger charge is -2.32. The van der Waals surface area contributed by atoms with E-state index in [2.05, 4.69) is 10.4 Å². The molecule has 3 rings (SSSR count). The number of hydrogen-bond donors (Lipinski definition) is 2. The minimum atomic E-state index is -0.772. The summed E-state index contributed by atoms with van der Waals surface area (Å²) in [6.45, 7) is 0. The summed E-state index contributed by atoms with van der Waals surface area (Å²) in [7, 11) is 0. The predicted molar refractivity (Wildman–Crippen MR) is 71.3 cm³/mol. The largest absolute Gasteiger partial charge is 0.481 e. The molecule has 6 heteroatoms. The van der Waals surface area contributed by atoms with Gasteiger partial charge in [-0.15, -0.1) is 0 Å². The van der Waals surface area contributed by atoms with Gasteiger partial charge in [0.15, 0.2) is 0 Å². The molecule has 0 atom stereocenters. The minimum Gasteiger partial charge on any atom is -0.481 e. The Balaban J connectivity index is 1.61. The van der Waals surface area contributed by atoms with E-state index in [1.165, 1.54) is 12.8 Å². The molecule has 2 fully saturated rings. The van der Waals surface area contributed by atoms with Gasteiger partial charge in [-0.25, -0.2) is 0 Å². The summed E-state index contributed by atoms with van der Waals surface area (Å²) in [6.07, 6.45) is 7.24. The van der Waals surface area contributed by atoms with Crippen molar-refractivity contribution < 1.29 is 14.7 Å². The first kappa shape index (κ1) is 13.1. The topological polar surface area (TPSA) is 84.2 Å². The van der Waals surface area contributed by atoms with Gasteiger partial charge >= 0.3 is 5.97 Å². The molecule has 1 aromatic rings. The molecule has 20 heavy (non-hydrogen) atoms. The number of carbonyl (C=O) groups excluding carboxylic acids is 1. The third kappa shape index (κ3) is 2.42. The quantitative estimate of drug-likeness (QED) is 0.875. The molecule has 0 bridgehead atoms. The van der Waals surface area contributed by atoms with Gasteiger partial charge in [-0.3, -0.25) is 14.3 Å². The number of nitrogens with one attached hydrogen (secondary N) is 1. The molecule has 1 heterocycles. The van der Waals surface area contributed by atoms with E-state index < -0.39 is 5.97 Å². The average molecular weight is 277 g/mol. The zero-order chi connectivity index (χ0) is 14.1. The number of aromatic nitrogens is 2. The molecule has 0 saturated heterocycles.